The van der Waals surface area contributed by atoms with Gasteiger partial charge >= 0.3 is 0 Å². The molecule has 0 amide bonds. The number of ketones is 2. The van der Waals surface area contributed by atoms with Gasteiger partial charge in [0.2, 0.25) is 11.6 Å². The number of aromatic amines is 1. The minimum absolute atomic E-state index is 0.186. The number of hydrogen-bond donors (Lipinski definition) is 2. The number of nitrogens with zero attached hydrogens (tertiary/aromatic N) is 1. The summed E-state index contributed by atoms with van der Waals surface area (Å²) < 4.78 is 0. The van der Waals surface area contributed by atoms with Crippen molar-refractivity contribution < 1.29 is 9.59 Å². The number of nitrogens with one attached hydrogen (secondary N) is 2. The molecule has 5 heteroatoms. The van der Waals surface area contributed by atoms with Crippen LogP contribution in [0.5, 0.6) is 0 Å². The van der Waals surface area contributed by atoms with Crippen molar-refractivity contribution in [2.24, 2.45) is 0 Å². The monoisotopic (exact) mass is 233 g/mol. The van der Waals surface area contributed by atoms with Gasteiger partial charge in [0.25, 0.3) is 0 Å². The smallest absolute Gasteiger partial charge is 0.227 e. The summed E-state index contributed by atoms with van der Waals surface area (Å²) in [6, 6.07) is 0. The number of allylic oxidation sites excluding steroid dienone is 2. The standard InChI is InChI=1S/C12H15N3O2/c1-2-3-4-5-13-8-6-9(16)10-11(12(8)17)15-7-14-10/h6-7,13H,2-5H2,1H3,(H,14,15). The number of carbonyl (C=O) groups is 2. The summed E-state index contributed by atoms with van der Waals surface area (Å²) in [5.41, 5.74) is 0.868. The van der Waals surface area contributed by atoms with Gasteiger partial charge < -0.3 is 10.3 Å². The molecule has 1 aromatic heterocycles. The lowest BCUT2D eigenvalue weighted by Crippen LogP contribution is -2.27. The molecule has 2 rings (SSSR count). The third kappa shape index (κ3) is 2.27. The second-order valence-electron chi connectivity index (χ2n) is 4.01. The third-order valence-electron chi connectivity index (χ3n) is 2.72. The van der Waals surface area contributed by atoms with Crippen LogP contribution in [0.4, 0.5) is 0 Å². The number of rotatable bonds is 5. The van der Waals surface area contributed by atoms with Crippen LogP contribution in [0.25, 0.3) is 0 Å². The topological polar surface area (TPSA) is 74.8 Å². The molecule has 0 atom stereocenters. The summed E-state index contributed by atoms with van der Waals surface area (Å²) in [5.74, 6) is -0.410. The molecule has 0 radical (unpaired) electrons. The summed E-state index contributed by atoms with van der Waals surface area (Å²) in [5, 5.41) is 3.01. The fourth-order valence-electron chi connectivity index (χ4n) is 1.78. The van der Waals surface area contributed by atoms with Crippen LogP contribution >= 0.6 is 0 Å². The van der Waals surface area contributed by atoms with Crippen LogP contribution in [-0.2, 0) is 0 Å². The van der Waals surface area contributed by atoms with E-state index in [9.17, 15) is 9.59 Å². The largest absolute Gasteiger partial charge is 0.382 e. The zero-order chi connectivity index (χ0) is 12.3. The normalized spacial score (nSPS) is 14.5. The number of H-pyrrole nitrogens is 1. The van der Waals surface area contributed by atoms with Crippen LogP contribution in [-0.4, -0.2) is 28.1 Å². The number of Topliss-reactive ketones (excluding diaryl/α,β-unsaturated/α-hetero) is 1. The Morgan fingerprint density at radius 3 is 2.94 bits per heavy atom. The van der Waals surface area contributed by atoms with E-state index in [1.165, 1.54) is 12.4 Å². The first-order chi connectivity index (χ1) is 8.24. The van der Waals surface area contributed by atoms with Crippen LogP contribution < -0.4 is 5.32 Å². The number of hydrogen-bond acceptors (Lipinski definition) is 4. The molecule has 1 heterocycles. The van der Waals surface area contributed by atoms with Crippen LogP contribution in [0.1, 0.15) is 47.2 Å². The Labute approximate surface area is 99.3 Å². The predicted molar refractivity (Wildman–Crippen MR) is 62.9 cm³/mol. The molecule has 1 aliphatic rings. The maximum atomic E-state index is 11.9. The van der Waals surface area contributed by atoms with Crippen molar-refractivity contribution in [1.82, 2.24) is 15.3 Å². The lowest BCUT2D eigenvalue weighted by Gasteiger charge is -2.12. The van der Waals surface area contributed by atoms with E-state index in [-0.39, 0.29) is 23.0 Å². The predicted octanol–water partition coefficient (Wildman–Crippen LogP) is 1.45. The van der Waals surface area contributed by atoms with E-state index < -0.39 is 0 Å². The fraction of sp³-hybridized carbons (Fsp3) is 0.417. The average molecular weight is 233 g/mol. The Morgan fingerprint density at radius 2 is 2.18 bits per heavy atom. The van der Waals surface area contributed by atoms with Crippen LogP contribution in [0, 0.1) is 0 Å². The van der Waals surface area contributed by atoms with Crippen LogP contribution in [0.15, 0.2) is 18.1 Å². The minimum Gasteiger partial charge on any atom is -0.382 e. The van der Waals surface area contributed by atoms with E-state index in [0.29, 0.717) is 12.2 Å². The maximum absolute atomic E-state index is 11.9. The third-order valence-corrected chi connectivity index (χ3v) is 2.72. The van der Waals surface area contributed by atoms with E-state index >= 15 is 0 Å². The van der Waals surface area contributed by atoms with Crippen molar-refractivity contribution in [1.29, 1.82) is 0 Å². The molecular formula is C12H15N3O2. The first-order valence-corrected chi connectivity index (χ1v) is 5.82. The highest BCUT2D eigenvalue weighted by atomic mass is 16.1. The maximum Gasteiger partial charge on any atom is 0.227 e. The number of fused-ring (bicyclic) bond motifs is 1. The molecular weight excluding hydrogens is 218 g/mol. The second-order valence-corrected chi connectivity index (χ2v) is 4.01. The van der Waals surface area contributed by atoms with E-state index in [1.807, 2.05) is 0 Å². The zero-order valence-electron chi connectivity index (χ0n) is 9.75. The van der Waals surface area contributed by atoms with Gasteiger partial charge in [-0.25, -0.2) is 4.98 Å². The molecule has 2 N–H and O–H groups in total. The van der Waals surface area contributed by atoms with Gasteiger partial charge in [0.1, 0.15) is 11.4 Å². The Morgan fingerprint density at radius 1 is 1.35 bits per heavy atom. The van der Waals surface area contributed by atoms with Crippen molar-refractivity contribution in [3.63, 3.8) is 0 Å². The van der Waals surface area contributed by atoms with Gasteiger partial charge in [-0.1, -0.05) is 19.8 Å². The number of carbonyl (C=O) groups excluding carboxylic acids is 2. The quantitative estimate of drug-likeness (QED) is 0.755. The molecule has 17 heavy (non-hydrogen) atoms. The highest BCUT2D eigenvalue weighted by Crippen LogP contribution is 2.16. The van der Waals surface area contributed by atoms with Crippen molar-refractivity contribution >= 4 is 11.6 Å². The Kier molecular flexibility index (Phi) is 3.37. The summed E-state index contributed by atoms with van der Waals surface area (Å²) in [4.78, 5) is 30.1. The van der Waals surface area contributed by atoms with Gasteiger partial charge in [-0.2, -0.15) is 0 Å². The van der Waals surface area contributed by atoms with Crippen molar-refractivity contribution in [2.75, 3.05) is 6.54 Å². The average Bonchev–Trinajstić information content (AvgIpc) is 2.80. The van der Waals surface area contributed by atoms with Crippen LogP contribution in [0.2, 0.25) is 0 Å². The van der Waals surface area contributed by atoms with Gasteiger partial charge in [0, 0.05) is 12.6 Å². The number of aromatic nitrogens is 2. The van der Waals surface area contributed by atoms with Gasteiger partial charge in [0.05, 0.1) is 12.0 Å². The molecule has 0 aromatic carbocycles. The summed E-state index contributed by atoms with van der Waals surface area (Å²) >= 11 is 0. The minimum atomic E-state index is -0.223. The second kappa shape index (κ2) is 4.95. The van der Waals surface area contributed by atoms with E-state index in [0.717, 1.165) is 19.3 Å². The van der Waals surface area contributed by atoms with Crippen molar-refractivity contribution in [2.45, 2.75) is 26.2 Å². The van der Waals surface area contributed by atoms with Gasteiger partial charge in [-0.15, -0.1) is 0 Å². The Hall–Kier alpha value is -1.91. The van der Waals surface area contributed by atoms with Crippen LogP contribution in [0.3, 0.4) is 0 Å². The fourth-order valence-corrected chi connectivity index (χ4v) is 1.78. The van der Waals surface area contributed by atoms with Crippen molar-refractivity contribution in [3.05, 3.63) is 29.5 Å². The van der Waals surface area contributed by atoms with E-state index in [2.05, 4.69) is 22.2 Å². The molecule has 0 aliphatic heterocycles. The SMILES string of the molecule is CCCCCNC1=CC(=O)c2nc[nH]c2C1=O. The molecule has 0 saturated heterocycles. The molecule has 0 saturated carbocycles. The molecule has 1 aromatic rings. The summed E-state index contributed by atoms with van der Waals surface area (Å²) in [6.45, 7) is 2.83. The zero-order valence-corrected chi connectivity index (χ0v) is 9.75. The van der Waals surface area contributed by atoms with Gasteiger partial charge in [0.15, 0.2) is 0 Å². The molecule has 1 aliphatic carbocycles. The lowest BCUT2D eigenvalue weighted by molar-refractivity contribution is 0.0973. The first-order valence-electron chi connectivity index (χ1n) is 5.82. The van der Waals surface area contributed by atoms with E-state index in [1.54, 1.807) is 0 Å². The first kappa shape index (κ1) is 11.6. The van der Waals surface area contributed by atoms with E-state index in [4.69, 9.17) is 0 Å². The Bertz CT molecular complexity index is 474. The molecule has 90 valence electrons. The Balaban J connectivity index is 2.05. The summed E-state index contributed by atoms with van der Waals surface area (Å²) in [7, 11) is 0. The summed E-state index contributed by atoms with van der Waals surface area (Å²) in [6.07, 6.45) is 5.92. The highest BCUT2D eigenvalue weighted by Gasteiger charge is 2.27. The number of unbranched alkanes of at least 4 members (excludes halogenated alkanes) is 2. The van der Waals surface area contributed by atoms with Gasteiger partial charge in [-0.05, 0) is 6.42 Å². The highest BCUT2D eigenvalue weighted by molar-refractivity contribution is 6.22. The molecule has 0 spiro atoms. The van der Waals surface area contributed by atoms with Gasteiger partial charge in [-0.3, -0.25) is 9.59 Å². The number of imidazole rings is 1. The molecule has 0 bridgehead atoms. The lowest BCUT2D eigenvalue weighted by atomic mass is 10.0. The molecule has 0 unspecified atom stereocenters. The van der Waals surface area contributed by atoms with Crippen molar-refractivity contribution in [3.8, 4) is 0 Å². The molecule has 0 fully saturated rings. The molecule has 5 nitrogen and oxygen atoms in total.